The van der Waals surface area contributed by atoms with Crippen molar-refractivity contribution in [3.05, 3.63) is 35.4 Å². The van der Waals surface area contributed by atoms with Crippen LogP contribution in [0.5, 0.6) is 5.75 Å². The quantitative estimate of drug-likeness (QED) is 0.883. The minimum atomic E-state index is -0.0329. The number of nitrogens with one attached hydrogen (secondary N) is 1. The maximum atomic E-state index is 12.2. The van der Waals surface area contributed by atoms with E-state index in [4.69, 9.17) is 10.5 Å². The molecule has 1 aromatic rings. The van der Waals surface area contributed by atoms with Gasteiger partial charge in [-0.25, -0.2) is 0 Å². The number of carbonyl (C=O) groups is 1. The SMILES string of the molecule is COc1cccc(C2=C(CC(C)N)C(=O)NCCC2)c1. The predicted octanol–water partition coefficient (Wildman–Crippen LogP) is 2.10. The van der Waals surface area contributed by atoms with Crippen LogP contribution in [0.1, 0.15) is 31.7 Å². The fourth-order valence-electron chi connectivity index (χ4n) is 2.53. The Hall–Kier alpha value is -1.81. The Balaban J connectivity index is 2.46. The fourth-order valence-corrected chi connectivity index (χ4v) is 2.53. The van der Waals surface area contributed by atoms with Gasteiger partial charge in [0.05, 0.1) is 7.11 Å². The Morgan fingerprint density at radius 2 is 2.25 bits per heavy atom. The molecule has 108 valence electrons. The maximum Gasteiger partial charge on any atom is 0.247 e. The summed E-state index contributed by atoms with van der Waals surface area (Å²) in [5, 5.41) is 2.94. The summed E-state index contributed by atoms with van der Waals surface area (Å²) in [6, 6.07) is 7.83. The number of carbonyl (C=O) groups excluding carboxylic acids is 1. The molecule has 4 heteroatoms. The lowest BCUT2D eigenvalue weighted by Crippen LogP contribution is -2.27. The number of amides is 1. The molecule has 0 radical (unpaired) electrons. The third-order valence-corrected chi connectivity index (χ3v) is 3.47. The molecule has 3 N–H and O–H groups in total. The number of hydrogen-bond acceptors (Lipinski definition) is 3. The van der Waals surface area contributed by atoms with Crippen molar-refractivity contribution in [2.75, 3.05) is 13.7 Å². The molecule has 1 amide bonds. The van der Waals surface area contributed by atoms with Crippen LogP contribution >= 0.6 is 0 Å². The van der Waals surface area contributed by atoms with Crippen molar-refractivity contribution in [3.8, 4) is 5.75 Å². The van der Waals surface area contributed by atoms with Crippen molar-refractivity contribution in [1.82, 2.24) is 5.32 Å². The van der Waals surface area contributed by atoms with Gasteiger partial charge in [0.2, 0.25) is 5.91 Å². The largest absolute Gasteiger partial charge is 0.497 e. The zero-order valence-corrected chi connectivity index (χ0v) is 12.1. The lowest BCUT2D eigenvalue weighted by atomic mass is 9.93. The smallest absolute Gasteiger partial charge is 0.247 e. The number of nitrogens with two attached hydrogens (primary N) is 1. The van der Waals surface area contributed by atoms with Crippen LogP contribution in [0.3, 0.4) is 0 Å². The van der Waals surface area contributed by atoms with Gasteiger partial charge in [-0.1, -0.05) is 12.1 Å². The van der Waals surface area contributed by atoms with Gasteiger partial charge in [-0.15, -0.1) is 0 Å². The number of hydrogen-bond donors (Lipinski definition) is 2. The van der Waals surface area contributed by atoms with E-state index in [2.05, 4.69) is 5.32 Å². The van der Waals surface area contributed by atoms with E-state index >= 15 is 0 Å². The van der Waals surface area contributed by atoms with Crippen molar-refractivity contribution in [3.63, 3.8) is 0 Å². The molecule has 1 atom stereocenters. The van der Waals surface area contributed by atoms with E-state index in [0.29, 0.717) is 6.42 Å². The van der Waals surface area contributed by atoms with Crippen molar-refractivity contribution in [2.24, 2.45) is 5.73 Å². The third-order valence-electron chi connectivity index (χ3n) is 3.47. The number of benzene rings is 1. The molecule has 20 heavy (non-hydrogen) atoms. The monoisotopic (exact) mass is 274 g/mol. The molecule has 0 saturated carbocycles. The summed E-state index contributed by atoms with van der Waals surface area (Å²) in [6.45, 7) is 2.64. The summed E-state index contributed by atoms with van der Waals surface area (Å²) in [5.41, 5.74) is 8.85. The first-order valence-corrected chi connectivity index (χ1v) is 7.02. The lowest BCUT2D eigenvalue weighted by Gasteiger charge is -2.14. The summed E-state index contributed by atoms with van der Waals surface area (Å²) in [5.74, 6) is 0.817. The third kappa shape index (κ3) is 3.39. The van der Waals surface area contributed by atoms with Crippen LogP contribution in [0, 0.1) is 0 Å². The lowest BCUT2D eigenvalue weighted by molar-refractivity contribution is -0.117. The molecule has 4 nitrogen and oxygen atoms in total. The molecule has 1 aromatic carbocycles. The average Bonchev–Trinajstić information content (AvgIpc) is 2.61. The van der Waals surface area contributed by atoms with Gasteiger partial charge in [0.15, 0.2) is 0 Å². The van der Waals surface area contributed by atoms with Gasteiger partial charge in [0.25, 0.3) is 0 Å². The molecule has 2 rings (SSSR count). The topological polar surface area (TPSA) is 64.3 Å². The summed E-state index contributed by atoms with van der Waals surface area (Å²) < 4.78 is 5.27. The highest BCUT2D eigenvalue weighted by molar-refractivity contribution is 6.01. The van der Waals surface area contributed by atoms with Crippen LogP contribution in [-0.4, -0.2) is 25.6 Å². The van der Waals surface area contributed by atoms with Gasteiger partial charge in [0.1, 0.15) is 5.75 Å². The highest BCUT2D eigenvalue weighted by atomic mass is 16.5. The molecule has 1 aliphatic heterocycles. The van der Waals surface area contributed by atoms with Gasteiger partial charge in [-0.05, 0) is 49.5 Å². The van der Waals surface area contributed by atoms with E-state index in [1.165, 1.54) is 0 Å². The minimum absolute atomic E-state index is 0.0117. The maximum absolute atomic E-state index is 12.2. The van der Waals surface area contributed by atoms with Gasteiger partial charge in [-0.3, -0.25) is 4.79 Å². The van der Waals surface area contributed by atoms with Crippen molar-refractivity contribution in [2.45, 2.75) is 32.2 Å². The normalized spacial score (nSPS) is 17.4. The number of allylic oxidation sites excluding steroid dienone is 1. The Morgan fingerprint density at radius 3 is 2.95 bits per heavy atom. The molecular weight excluding hydrogens is 252 g/mol. The van der Waals surface area contributed by atoms with E-state index < -0.39 is 0 Å². The molecule has 0 saturated heterocycles. The molecule has 0 aliphatic carbocycles. The fraction of sp³-hybridized carbons (Fsp3) is 0.438. The van der Waals surface area contributed by atoms with E-state index in [0.717, 1.165) is 41.8 Å². The second kappa shape index (κ2) is 6.57. The van der Waals surface area contributed by atoms with Crippen LogP contribution < -0.4 is 15.8 Å². The first kappa shape index (κ1) is 14.6. The molecular formula is C16H22N2O2. The number of rotatable bonds is 4. The Kier molecular flexibility index (Phi) is 4.79. The molecule has 0 spiro atoms. The molecule has 0 bridgehead atoms. The molecule has 0 fully saturated rings. The van der Waals surface area contributed by atoms with Crippen molar-refractivity contribution >= 4 is 11.5 Å². The van der Waals surface area contributed by atoms with Crippen LogP contribution in [0.15, 0.2) is 29.8 Å². The van der Waals surface area contributed by atoms with E-state index in [1.54, 1.807) is 7.11 Å². The van der Waals surface area contributed by atoms with E-state index in [9.17, 15) is 4.79 Å². The van der Waals surface area contributed by atoms with Crippen molar-refractivity contribution in [1.29, 1.82) is 0 Å². The Bertz CT molecular complexity index is 521. The standard InChI is InChI=1S/C16H22N2O2/c1-11(17)9-15-14(7-4-8-18-16(15)19)12-5-3-6-13(10-12)20-2/h3,5-6,10-11H,4,7-9,17H2,1-2H3,(H,18,19). The summed E-state index contributed by atoms with van der Waals surface area (Å²) in [4.78, 5) is 12.2. The zero-order valence-electron chi connectivity index (χ0n) is 12.1. The molecule has 1 unspecified atom stereocenters. The minimum Gasteiger partial charge on any atom is -0.497 e. The first-order valence-electron chi connectivity index (χ1n) is 7.02. The number of methoxy groups -OCH3 is 1. The molecule has 0 aromatic heterocycles. The highest BCUT2D eigenvalue weighted by Gasteiger charge is 2.20. The Labute approximate surface area is 120 Å². The second-order valence-corrected chi connectivity index (χ2v) is 5.23. The van der Waals surface area contributed by atoms with Gasteiger partial charge in [0, 0.05) is 18.2 Å². The van der Waals surface area contributed by atoms with Gasteiger partial charge >= 0.3 is 0 Å². The van der Waals surface area contributed by atoms with Crippen LogP contribution in [-0.2, 0) is 4.79 Å². The average molecular weight is 274 g/mol. The zero-order chi connectivity index (χ0) is 14.5. The van der Waals surface area contributed by atoms with E-state index in [1.807, 2.05) is 31.2 Å². The van der Waals surface area contributed by atoms with E-state index in [-0.39, 0.29) is 11.9 Å². The van der Waals surface area contributed by atoms with Gasteiger partial charge < -0.3 is 15.8 Å². The highest BCUT2D eigenvalue weighted by Crippen LogP contribution is 2.30. The van der Waals surface area contributed by atoms with Crippen molar-refractivity contribution < 1.29 is 9.53 Å². The van der Waals surface area contributed by atoms with Crippen LogP contribution in [0.4, 0.5) is 0 Å². The first-order chi connectivity index (χ1) is 9.61. The summed E-state index contributed by atoms with van der Waals surface area (Å²) in [7, 11) is 1.65. The summed E-state index contributed by atoms with van der Waals surface area (Å²) >= 11 is 0. The number of ether oxygens (including phenoxy) is 1. The molecule has 1 aliphatic rings. The van der Waals surface area contributed by atoms with Crippen LogP contribution in [0.25, 0.3) is 5.57 Å². The summed E-state index contributed by atoms with van der Waals surface area (Å²) in [6.07, 6.45) is 2.42. The van der Waals surface area contributed by atoms with Gasteiger partial charge in [-0.2, -0.15) is 0 Å². The predicted molar refractivity (Wildman–Crippen MR) is 80.4 cm³/mol. The molecule has 1 heterocycles. The second-order valence-electron chi connectivity index (χ2n) is 5.23. The van der Waals surface area contributed by atoms with Crippen LogP contribution in [0.2, 0.25) is 0 Å². The Morgan fingerprint density at radius 1 is 1.45 bits per heavy atom.